The quantitative estimate of drug-likeness (QED) is 0.631. The molecular weight excluding hydrogens is 169 g/mol. The molecule has 0 spiro atoms. The summed E-state index contributed by atoms with van der Waals surface area (Å²) in [5.74, 6) is 0.898. The van der Waals surface area contributed by atoms with Crippen molar-refractivity contribution in [2.75, 3.05) is 0 Å². The van der Waals surface area contributed by atoms with Gasteiger partial charge in [0.05, 0.1) is 23.1 Å². The standard InChI is InChI=1S/C7H7Cl2N/c8-4-6-2-1-3-7(5-9)10-6/h1-3H,4-5H2. The molecule has 0 amide bonds. The summed E-state index contributed by atoms with van der Waals surface area (Å²) < 4.78 is 0. The van der Waals surface area contributed by atoms with Gasteiger partial charge in [-0.05, 0) is 12.1 Å². The van der Waals surface area contributed by atoms with Gasteiger partial charge in [0.25, 0.3) is 0 Å². The van der Waals surface area contributed by atoms with Crippen LogP contribution in [-0.2, 0) is 11.8 Å². The highest BCUT2D eigenvalue weighted by Gasteiger charge is 1.93. The van der Waals surface area contributed by atoms with Crippen molar-refractivity contribution in [1.29, 1.82) is 0 Å². The second kappa shape index (κ2) is 3.79. The smallest absolute Gasteiger partial charge is 0.0647 e. The molecule has 0 N–H and O–H groups in total. The van der Waals surface area contributed by atoms with E-state index >= 15 is 0 Å². The third-order valence-electron chi connectivity index (χ3n) is 1.14. The summed E-state index contributed by atoms with van der Waals surface area (Å²) in [5.41, 5.74) is 1.75. The summed E-state index contributed by atoms with van der Waals surface area (Å²) in [4.78, 5) is 4.15. The summed E-state index contributed by atoms with van der Waals surface area (Å²) in [5, 5.41) is 0. The minimum Gasteiger partial charge on any atom is -0.255 e. The molecule has 1 aromatic rings. The molecule has 3 heteroatoms. The van der Waals surface area contributed by atoms with Gasteiger partial charge in [0.1, 0.15) is 0 Å². The molecule has 1 nitrogen and oxygen atoms in total. The van der Waals surface area contributed by atoms with E-state index < -0.39 is 0 Å². The Kier molecular flexibility index (Phi) is 2.97. The zero-order chi connectivity index (χ0) is 7.40. The van der Waals surface area contributed by atoms with E-state index in [0.717, 1.165) is 11.4 Å². The van der Waals surface area contributed by atoms with E-state index in [9.17, 15) is 0 Å². The van der Waals surface area contributed by atoms with Gasteiger partial charge in [0.15, 0.2) is 0 Å². The van der Waals surface area contributed by atoms with Gasteiger partial charge in [0, 0.05) is 0 Å². The van der Waals surface area contributed by atoms with Crippen LogP contribution in [0.5, 0.6) is 0 Å². The van der Waals surface area contributed by atoms with Crippen molar-refractivity contribution < 1.29 is 0 Å². The first-order valence-electron chi connectivity index (χ1n) is 2.93. The lowest BCUT2D eigenvalue weighted by molar-refractivity contribution is 1.08. The van der Waals surface area contributed by atoms with E-state index in [2.05, 4.69) is 4.98 Å². The van der Waals surface area contributed by atoms with Crippen LogP contribution in [0, 0.1) is 0 Å². The molecule has 1 aromatic heterocycles. The van der Waals surface area contributed by atoms with Crippen molar-refractivity contribution >= 4 is 23.2 Å². The fourth-order valence-corrected chi connectivity index (χ4v) is 0.976. The molecule has 0 saturated carbocycles. The highest BCUT2D eigenvalue weighted by Crippen LogP contribution is 2.04. The summed E-state index contributed by atoms with van der Waals surface area (Å²) in [7, 11) is 0. The molecule has 0 atom stereocenters. The Hall–Kier alpha value is -0.270. The molecule has 1 heterocycles. The second-order valence-electron chi connectivity index (χ2n) is 1.89. The van der Waals surface area contributed by atoms with Crippen molar-refractivity contribution in [3.05, 3.63) is 29.6 Å². The minimum absolute atomic E-state index is 0.449. The van der Waals surface area contributed by atoms with Crippen LogP contribution in [0.15, 0.2) is 18.2 Å². The molecule has 0 saturated heterocycles. The zero-order valence-electron chi connectivity index (χ0n) is 5.35. The van der Waals surface area contributed by atoms with Crippen molar-refractivity contribution in [2.24, 2.45) is 0 Å². The molecule has 0 aromatic carbocycles. The molecule has 0 bridgehead atoms. The normalized spacial score (nSPS) is 9.80. The van der Waals surface area contributed by atoms with Crippen LogP contribution in [0.3, 0.4) is 0 Å². The Labute approximate surface area is 70.0 Å². The fraction of sp³-hybridized carbons (Fsp3) is 0.286. The maximum Gasteiger partial charge on any atom is 0.0647 e. The SMILES string of the molecule is ClCc1cccc(CCl)n1. The average Bonchev–Trinajstić information content (AvgIpc) is 2.05. The molecule has 0 aliphatic rings. The van der Waals surface area contributed by atoms with Gasteiger partial charge in [-0.25, -0.2) is 0 Å². The third-order valence-corrected chi connectivity index (χ3v) is 1.69. The first kappa shape index (κ1) is 7.83. The van der Waals surface area contributed by atoms with Crippen LogP contribution >= 0.6 is 23.2 Å². The van der Waals surface area contributed by atoms with Crippen LogP contribution in [0.25, 0.3) is 0 Å². The van der Waals surface area contributed by atoms with E-state index in [0.29, 0.717) is 11.8 Å². The Morgan fingerprint density at radius 2 is 1.60 bits per heavy atom. The topological polar surface area (TPSA) is 12.9 Å². The molecule has 54 valence electrons. The van der Waals surface area contributed by atoms with Crippen LogP contribution < -0.4 is 0 Å². The van der Waals surface area contributed by atoms with E-state index in [1.807, 2.05) is 18.2 Å². The van der Waals surface area contributed by atoms with Crippen LogP contribution in [0.2, 0.25) is 0 Å². The third kappa shape index (κ3) is 1.86. The largest absolute Gasteiger partial charge is 0.255 e. The van der Waals surface area contributed by atoms with E-state index in [4.69, 9.17) is 23.2 Å². The number of alkyl halides is 2. The molecular formula is C7H7Cl2N. The first-order valence-corrected chi connectivity index (χ1v) is 4.00. The Morgan fingerprint density at radius 1 is 1.10 bits per heavy atom. The number of pyridine rings is 1. The average molecular weight is 176 g/mol. The highest BCUT2D eigenvalue weighted by molar-refractivity contribution is 6.17. The number of hydrogen-bond acceptors (Lipinski definition) is 1. The van der Waals surface area contributed by atoms with Crippen LogP contribution in [0.4, 0.5) is 0 Å². The van der Waals surface area contributed by atoms with Gasteiger partial charge in [-0.3, -0.25) is 4.98 Å². The molecule has 0 radical (unpaired) electrons. The highest BCUT2D eigenvalue weighted by atomic mass is 35.5. The monoisotopic (exact) mass is 175 g/mol. The van der Waals surface area contributed by atoms with Gasteiger partial charge in [-0.1, -0.05) is 6.07 Å². The molecule has 0 unspecified atom stereocenters. The predicted molar refractivity (Wildman–Crippen MR) is 43.4 cm³/mol. The lowest BCUT2D eigenvalue weighted by Crippen LogP contribution is -1.89. The lowest BCUT2D eigenvalue weighted by atomic mass is 10.3. The number of rotatable bonds is 2. The summed E-state index contributed by atoms with van der Waals surface area (Å²) in [6.45, 7) is 0. The van der Waals surface area contributed by atoms with E-state index in [-0.39, 0.29) is 0 Å². The lowest BCUT2D eigenvalue weighted by Gasteiger charge is -1.95. The van der Waals surface area contributed by atoms with Crippen LogP contribution in [0.1, 0.15) is 11.4 Å². The molecule has 10 heavy (non-hydrogen) atoms. The van der Waals surface area contributed by atoms with Gasteiger partial charge in [-0.15, -0.1) is 23.2 Å². The van der Waals surface area contributed by atoms with Gasteiger partial charge >= 0.3 is 0 Å². The number of halogens is 2. The minimum atomic E-state index is 0.449. The molecule has 0 aliphatic carbocycles. The van der Waals surface area contributed by atoms with Crippen molar-refractivity contribution in [3.63, 3.8) is 0 Å². The van der Waals surface area contributed by atoms with Crippen molar-refractivity contribution in [2.45, 2.75) is 11.8 Å². The van der Waals surface area contributed by atoms with Crippen LogP contribution in [-0.4, -0.2) is 4.98 Å². The van der Waals surface area contributed by atoms with Gasteiger partial charge in [0.2, 0.25) is 0 Å². The Bertz CT molecular complexity index is 193. The summed E-state index contributed by atoms with van der Waals surface area (Å²) in [6, 6.07) is 5.66. The van der Waals surface area contributed by atoms with Gasteiger partial charge in [-0.2, -0.15) is 0 Å². The van der Waals surface area contributed by atoms with Gasteiger partial charge < -0.3 is 0 Å². The van der Waals surface area contributed by atoms with E-state index in [1.165, 1.54) is 0 Å². The number of nitrogens with zero attached hydrogens (tertiary/aromatic N) is 1. The maximum absolute atomic E-state index is 5.55. The first-order chi connectivity index (χ1) is 4.86. The Balaban J connectivity index is 2.87. The fourth-order valence-electron chi connectivity index (χ4n) is 0.678. The van der Waals surface area contributed by atoms with Crippen molar-refractivity contribution in [1.82, 2.24) is 4.98 Å². The summed E-state index contributed by atoms with van der Waals surface area (Å²) in [6.07, 6.45) is 0. The van der Waals surface area contributed by atoms with Crippen molar-refractivity contribution in [3.8, 4) is 0 Å². The molecule has 1 rings (SSSR count). The number of aromatic nitrogens is 1. The number of hydrogen-bond donors (Lipinski definition) is 0. The molecule has 0 aliphatic heterocycles. The molecule has 0 fully saturated rings. The predicted octanol–water partition coefficient (Wildman–Crippen LogP) is 2.56. The maximum atomic E-state index is 5.55. The van der Waals surface area contributed by atoms with E-state index in [1.54, 1.807) is 0 Å². The Morgan fingerprint density at radius 3 is 2.00 bits per heavy atom. The second-order valence-corrected chi connectivity index (χ2v) is 2.42. The summed E-state index contributed by atoms with van der Waals surface area (Å²) >= 11 is 11.1. The zero-order valence-corrected chi connectivity index (χ0v) is 6.86.